The standard InChI is InChI=1S/C17H24N2O/c18-16(13-5-2-1-3-6-13)14-9-8-12-7-4-10-19-17(20)15(12)11-14/h8-9,11,13,16H,1-7,10,18H2,(H,19,20). The molecule has 1 fully saturated rings. The maximum absolute atomic E-state index is 12.1. The van der Waals surface area contributed by atoms with Gasteiger partial charge >= 0.3 is 0 Å². The smallest absolute Gasteiger partial charge is 0.251 e. The minimum absolute atomic E-state index is 0.0650. The molecule has 3 rings (SSSR count). The summed E-state index contributed by atoms with van der Waals surface area (Å²) in [6, 6.07) is 6.36. The number of carbonyl (C=O) groups is 1. The molecule has 3 nitrogen and oxygen atoms in total. The monoisotopic (exact) mass is 272 g/mol. The first kappa shape index (κ1) is 13.6. The van der Waals surface area contributed by atoms with E-state index in [1.54, 1.807) is 0 Å². The molecule has 0 radical (unpaired) electrons. The second-order valence-electron chi connectivity index (χ2n) is 6.20. The number of nitrogens with one attached hydrogen (secondary N) is 1. The number of nitrogens with two attached hydrogens (primary N) is 1. The molecule has 1 amide bonds. The van der Waals surface area contributed by atoms with Gasteiger partial charge in [-0.15, -0.1) is 0 Å². The molecule has 2 aliphatic rings. The number of fused-ring (bicyclic) bond motifs is 1. The highest BCUT2D eigenvalue weighted by molar-refractivity contribution is 5.96. The van der Waals surface area contributed by atoms with E-state index in [1.807, 2.05) is 6.07 Å². The highest BCUT2D eigenvalue weighted by Crippen LogP contribution is 2.33. The summed E-state index contributed by atoms with van der Waals surface area (Å²) in [5.74, 6) is 0.644. The van der Waals surface area contributed by atoms with E-state index >= 15 is 0 Å². The molecule has 3 heteroatoms. The van der Waals surface area contributed by atoms with Gasteiger partial charge in [0.15, 0.2) is 0 Å². The van der Waals surface area contributed by atoms with Crippen LogP contribution in [0.2, 0.25) is 0 Å². The molecule has 1 aliphatic carbocycles. The summed E-state index contributed by atoms with van der Waals surface area (Å²) in [6.45, 7) is 0.775. The molecule has 3 N–H and O–H groups in total. The quantitative estimate of drug-likeness (QED) is 0.869. The van der Waals surface area contributed by atoms with E-state index in [0.717, 1.165) is 30.5 Å². The lowest BCUT2D eigenvalue weighted by molar-refractivity contribution is 0.0956. The molecule has 108 valence electrons. The van der Waals surface area contributed by atoms with E-state index in [-0.39, 0.29) is 11.9 Å². The summed E-state index contributed by atoms with van der Waals surface area (Å²) in [6.07, 6.45) is 8.39. The first-order valence-electron chi connectivity index (χ1n) is 7.92. The molecule has 0 bridgehead atoms. The molecule has 1 aliphatic heterocycles. The van der Waals surface area contributed by atoms with Crippen molar-refractivity contribution in [1.82, 2.24) is 5.32 Å². The number of rotatable bonds is 2. The Balaban J connectivity index is 1.85. The van der Waals surface area contributed by atoms with Crippen molar-refractivity contribution in [2.45, 2.75) is 51.0 Å². The summed E-state index contributed by atoms with van der Waals surface area (Å²) >= 11 is 0. The van der Waals surface area contributed by atoms with Gasteiger partial charge < -0.3 is 11.1 Å². The zero-order valence-corrected chi connectivity index (χ0v) is 12.0. The van der Waals surface area contributed by atoms with Crippen molar-refractivity contribution in [2.75, 3.05) is 6.54 Å². The predicted octanol–water partition coefficient (Wildman–Crippen LogP) is 2.94. The number of carbonyl (C=O) groups excluding carboxylic acids is 1. The van der Waals surface area contributed by atoms with E-state index in [0.29, 0.717) is 5.92 Å². The van der Waals surface area contributed by atoms with Gasteiger partial charge in [0.25, 0.3) is 5.91 Å². The lowest BCUT2D eigenvalue weighted by Gasteiger charge is -2.28. The van der Waals surface area contributed by atoms with Crippen LogP contribution in [0.15, 0.2) is 18.2 Å². The van der Waals surface area contributed by atoms with Gasteiger partial charge in [-0.2, -0.15) is 0 Å². The van der Waals surface area contributed by atoms with Crippen LogP contribution in [-0.4, -0.2) is 12.5 Å². The lowest BCUT2D eigenvalue weighted by atomic mass is 9.81. The minimum Gasteiger partial charge on any atom is -0.352 e. The second kappa shape index (κ2) is 5.96. The maximum Gasteiger partial charge on any atom is 0.251 e. The van der Waals surface area contributed by atoms with Gasteiger partial charge in [0, 0.05) is 18.2 Å². The second-order valence-corrected chi connectivity index (χ2v) is 6.20. The molecular weight excluding hydrogens is 248 g/mol. The van der Waals surface area contributed by atoms with Crippen LogP contribution in [0.25, 0.3) is 0 Å². The average molecular weight is 272 g/mol. The van der Waals surface area contributed by atoms with E-state index in [4.69, 9.17) is 5.73 Å². The number of hydrogen-bond acceptors (Lipinski definition) is 2. The van der Waals surface area contributed by atoms with Crippen molar-refractivity contribution in [3.8, 4) is 0 Å². The molecule has 0 aromatic heterocycles. The highest BCUT2D eigenvalue weighted by atomic mass is 16.1. The third-order valence-electron chi connectivity index (χ3n) is 4.83. The molecular formula is C17H24N2O. The van der Waals surface area contributed by atoms with Crippen LogP contribution in [0.4, 0.5) is 0 Å². The lowest BCUT2D eigenvalue weighted by Crippen LogP contribution is -2.25. The molecule has 1 heterocycles. The van der Waals surface area contributed by atoms with E-state index < -0.39 is 0 Å². The van der Waals surface area contributed by atoms with Crippen LogP contribution < -0.4 is 11.1 Å². The van der Waals surface area contributed by atoms with Crippen LogP contribution in [0, 0.1) is 5.92 Å². The molecule has 1 aromatic carbocycles. The fourth-order valence-corrected chi connectivity index (χ4v) is 3.57. The van der Waals surface area contributed by atoms with Crippen molar-refractivity contribution < 1.29 is 4.79 Å². The zero-order chi connectivity index (χ0) is 13.9. The average Bonchev–Trinajstić information content (AvgIpc) is 2.69. The van der Waals surface area contributed by atoms with Gasteiger partial charge in [0.1, 0.15) is 0 Å². The van der Waals surface area contributed by atoms with Gasteiger partial charge in [-0.05, 0) is 48.8 Å². The molecule has 1 saturated carbocycles. The summed E-state index contributed by atoms with van der Waals surface area (Å²) in [4.78, 5) is 12.1. The normalized spacial score (nSPS) is 21.8. The van der Waals surface area contributed by atoms with E-state index in [9.17, 15) is 4.79 Å². The Morgan fingerprint density at radius 1 is 1.15 bits per heavy atom. The van der Waals surface area contributed by atoms with Crippen LogP contribution in [0.1, 0.15) is 66.1 Å². The third-order valence-corrected chi connectivity index (χ3v) is 4.83. The number of hydrogen-bond donors (Lipinski definition) is 2. The fourth-order valence-electron chi connectivity index (χ4n) is 3.57. The molecule has 1 aromatic rings. The van der Waals surface area contributed by atoms with Crippen LogP contribution in [-0.2, 0) is 6.42 Å². The van der Waals surface area contributed by atoms with Crippen LogP contribution in [0.5, 0.6) is 0 Å². The largest absolute Gasteiger partial charge is 0.352 e. The topological polar surface area (TPSA) is 55.1 Å². The molecule has 1 unspecified atom stereocenters. The number of aryl methyl sites for hydroxylation is 1. The Morgan fingerprint density at radius 2 is 1.95 bits per heavy atom. The van der Waals surface area contributed by atoms with Crippen LogP contribution >= 0.6 is 0 Å². The maximum atomic E-state index is 12.1. The summed E-state index contributed by atoms with van der Waals surface area (Å²) < 4.78 is 0. The molecule has 1 atom stereocenters. The number of benzene rings is 1. The SMILES string of the molecule is NC(c1ccc2c(c1)C(=O)NCCC2)C1CCCCC1. The third kappa shape index (κ3) is 2.73. The van der Waals surface area contributed by atoms with Crippen molar-refractivity contribution in [3.05, 3.63) is 34.9 Å². The fraction of sp³-hybridized carbons (Fsp3) is 0.588. The van der Waals surface area contributed by atoms with Gasteiger partial charge in [-0.3, -0.25) is 4.79 Å². The van der Waals surface area contributed by atoms with E-state index in [1.165, 1.54) is 37.7 Å². The van der Waals surface area contributed by atoms with Gasteiger partial charge in [-0.25, -0.2) is 0 Å². The van der Waals surface area contributed by atoms with Crippen molar-refractivity contribution >= 4 is 5.91 Å². The summed E-state index contributed by atoms with van der Waals surface area (Å²) in [5, 5.41) is 2.97. The first-order valence-corrected chi connectivity index (χ1v) is 7.92. The predicted molar refractivity (Wildman–Crippen MR) is 80.6 cm³/mol. The Bertz CT molecular complexity index is 492. The highest BCUT2D eigenvalue weighted by Gasteiger charge is 2.23. The molecule has 0 spiro atoms. The first-order chi connectivity index (χ1) is 9.75. The number of amides is 1. The Morgan fingerprint density at radius 3 is 2.75 bits per heavy atom. The minimum atomic E-state index is 0.0650. The molecule has 20 heavy (non-hydrogen) atoms. The van der Waals surface area contributed by atoms with Crippen molar-refractivity contribution in [3.63, 3.8) is 0 Å². The Hall–Kier alpha value is -1.35. The summed E-state index contributed by atoms with van der Waals surface area (Å²) in [5.41, 5.74) is 9.59. The Kier molecular flexibility index (Phi) is 4.06. The Labute approximate surface area is 120 Å². The van der Waals surface area contributed by atoms with Gasteiger partial charge in [0.05, 0.1) is 0 Å². The van der Waals surface area contributed by atoms with Crippen molar-refractivity contribution in [1.29, 1.82) is 0 Å². The molecule has 0 saturated heterocycles. The summed E-state index contributed by atoms with van der Waals surface area (Å²) in [7, 11) is 0. The van der Waals surface area contributed by atoms with Gasteiger partial charge in [0.2, 0.25) is 0 Å². The van der Waals surface area contributed by atoms with Crippen molar-refractivity contribution in [2.24, 2.45) is 11.7 Å². The van der Waals surface area contributed by atoms with E-state index in [2.05, 4.69) is 17.4 Å². The zero-order valence-electron chi connectivity index (χ0n) is 12.0. The van der Waals surface area contributed by atoms with Crippen LogP contribution in [0.3, 0.4) is 0 Å². The van der Waals surface area contributed by atoms with Gasteiger partial charge in [-0.1, -0.05) is 31.4 Å².